The van der Waals surface area contributed by atoms with Gasteiger partial charge in [-0.1, -0.05) is 12.8 Å². The molecule has 0 aromatic rings. The van der Waals surface area contributed by atoms with Crippen LogP contribution in [0.2, 0.25) is 0 Å². The number of nitrogens with one attached hydrogen (secondary N) is 1. The molecule has 4 aliphatic rings. The Morgan fingerprint density at radius 3 is 2.35 bits per heavy atom. The number of rotatable bonds is 4. The highest BCUT2D eigenvalue weighted by Crippen LogP contribution is 2.42. The number of carbonyl (C=O) groups is 1. The van der Waals surface area contributed by atoms with Crippen molar-refractivity contribution in [3.05, 3.63) is 0 Å². The number of nitrogens with zero attached hydrogens (tertiary/aromatic N) is 1. The Kier molecular flexibility index (Phi) is 5.87. The van der Waals surface area contributed by atoms with Crippen molar-refractivity contribution in [3.63, 3.8) is 0 Å². The highest BCUT2D eigenvalue weighted by atomic mass is 16.5. The fraction of sp³-hybridized carbons (Fsp3) is 0.952. The summed E-state index contributed by atoms with van der Waals surface area (Å²) in [6.45, 7) is 4.81. The molecule has 0 radical (unpaired) electrons. The van der Waals surface area contributed by atoms with Crippen molar-refractivity contribution in [1.82, 2.24) is 10.2 Å². The smallest absolute Gasteiger partial charge is 0.223 e. The maximum atomic E-state index is 13.0. The van der Waals surface area contributed by atoms with E-state index in [1.807, 2.05) is 0 Å². The molecule has 2 aliphatic carbocycles. The number of hydrogen-bond donors (Lipinski definition) is 2. The van der Waals surface area contributed by atoms with Gasteiger partial charge in [-0.05, 0) is 76.3 Å². The topological polar surface area (TPSA) is 67.6 Å². The molecule has 0 spiro atoms. The summed E-state index contributed by atoms with van der Waals surface area (Å²) in [6.07, 6.45) is 11.8. The molecule has 26 heavy (non-hydrogen) atoms. The van der Waals surface area contributed by atoms with Crippen LogP contribution in [-0.2, 0) is 9.53 Å². The van der Waals surface area contributed by atoms with E-state index in [-0.39, 0.29) is 17.4 Å². The first-order valence-corrected chi connectivity index (χ1v) is 11.0. The summed E-state index contributed by atoms with van der Waals surface area (Å²) in [7, 11) is 0. The van der Waals surface area contributed by atoms with Crippen LogP contribution in [0.25, 0.3) is 0 Å². The van der Waals surface area contributed by atoms with E-state index in [2.05, 4.69) is 10.2 Å². The summed E-state index contributed by atoms with van der Waals surface area (Å²) in [6, 6.07) is 0.336. The number of fused-ring (bicyclic) bond motifs is 2. The Balaban J connectivity index is 1.37. The van der Waals surface area contributed by atoms with Crippen LogP contribution in [-0.4, -0.2) is 55.2 Å². The minimum Gasteiger partial charge on any atom is -0.381 e. The van der Waals surface area contributed by atoms with E-state index in [0.717, 1.165) is 45.4 Å². The van der Waals surface area contributed by atoms with Crippen molar-refractivity contribution in [2.45, 2.75) is 75.8 Å². The van der Waals surface area contributed by atoms with Crippen LogP contribution < -0.4 is 11.1 Å². The standard InChI is InChI=1S/C21H37N3O2/c22-19-16-5-4-6-17(19)14-18(13-16)20(25)23-15-21(7-11-26-12-8-21)24-9-2-1-3-10-24/h16-19H,1-15,22H2,(H,23,25). The minimum atomic E-state index is 0.120. The zero-order valence-electron chi connectivity index (χ0n) is 16.3. The third-order valence-electron chi connectivity index (χ3n) is 7.83. The van der Waals surface area contributed by atoms with E-state index in [9.17, 15) is 4.79 Å². The molecule has 2 unspecified atom stereocenters. The fourth-order valence-corrected chi connectivity index (χ4v) is 6.12. The van der Waals surface area contributed by atoms with Crippen molar-refractivity contribution < 1.29 is 9.53 Å². The van der Waals surface area contributed by atoms with Crippen molar-refractivity contribution in [3.8, 4) is 0 Å². The lowest BCUT2D eigenvalue weighted by molar-refractivity contribution is -0.129. The molecule has 2 saturated heterocycles. The SMILES string of the molecule is NC1C2CCCC1CC(C(=O)NCC1(N3CCCCC3)CCOCC1)C2. The molecule has 2 atom stereocenters. The van der Waals surface area contributed by atoms with Gasteiger partial charge in [0.25, 0.3) is 0 Å². The fourth-order valence-electron chi connectivity index (χ4n) is 6.12. The van der Waals surface area contributed by atoms with Gasteiger partial charge >= 0.3 is 0 Å². The molecule has 4 rings (SSSR count). The second kappa shape index (κ2) is 8.15. The first-order valence-electron chi connectivity index (χ1n) is 11.0. The molecule has 5 nitrogen and oxygen atoms in total. The molecule has 4 fully saturated rings. The summed E-state index contributed by atoms with van der Waals surface area (Å²) in [5.74, 6) is 1.61. The van der Waals surface area contributed by atoms with Crippen LogP contribution in [0.3, 0.4) is 0 Å². The van der Waals surface area contributed by atoms with Crippen molar-refractivity contribution >= 4 is 5.91 Å². The quantitative estimate of drug-likeness (QED) is 0.804. The number of piperidine rings is 1. The van der Waals surface area contributed by atoms with Gasteiger partial charge in [-0.3, -0.25) is 9.69 Å². The van der Waals surface area contributed by atoms with Gasteiger partial charge in [0.05, 0.1) is 0 Å². The van der Waals surface area contributed by atoms with E-state index in [0.29, 0.717) is 17.9 Å². The van der Waals surface area contributed by atoms with Gasteiger partial charge < -0.3 is 15.8 Å². The first kappa shape index (κ1) is 18.7. The zero-order chi connectivity index (χ0) is 18.0. The first-order chi connectivity index (χ1) is 12.7. The van der Waals surface area contributed by atoms with Crippen molar-refractivity contribution in [2.24, 2.45) is 23.5 Å². The molecule has 0 aromatic heterocycles. The summed E-state index contributed by atoms with van der Waals surface area (Å²) < 4.78 is 5.65. The highest BCUT2D eigenvalue weighted by molar-refractivity contribution is 5.79. The lowest BCUT2D eigenvalue weighted by Gasteiger charge is -2.48. The summed E-state index contributed by atoms with van der Waals surface area (Å²) in [5.41, 5.74) is 6.52. The van der Waals surface area contributed by atoms with Crippen LogP contribution >= 0.6 is 0 Å². The Bertz CT molecular complexity index is 472. The molecule has 2 bridgehead atoms. The average Bonchev–Trinajstić information content (AvgIpc) is 2.67. The molecule has 148 valence electrons. The van der Waals surface area contributed by atoms with Gasteiger partial charge in [0.15, 0.2) is 0 Å². The van der Waals surface area contributed by atoms with E-state index in [4.69, 9.17) is 10.5 Å². The molecule has 2 heterocycles. The van der Waals surface area contributed by atoms with Gasteiger partial charge in [0, 0.05) is 37.3 Å². The number of ether oxygens (including phenoxy) is 1. The molecule has 1 amide bonds. The number of likely N-dealkylation sites (tertiary alicyclic amines) is 1. The zero-order valence-corrected chi connectivity index (χ0v) is 16.3. The second-order valence-electron chi connectivity index (χ2n) is 9.30. The number of amides is 1. The summed E-state index contributed by atoms with van der Waals surface area (Å²) in [5, 5.41) is 3.39. The van der Waals surface area contributed by atoms with E-state index in [1.165, 1.54) is 51.6 Å². The molecule has 5 heteroatoms. The van der Waals surface area contributed by atoms with Gasteiger partial charge in [0.1, 0.15) is 0 Å². The lowest BCUT2D eigenvalue weighted by atomic mass is 9.65. The van der Waals surface area contributed by atoms with Crippen LogP contribution in [0.1, 0.15) is 64.2 Å². The van der Waals surface area contributed by atoms with E-state index >= 15 is 0 Å². The third-order valence-corrected chi connectivity index (χ3v) is 7.83. The Hall–Kier alpha value is -0.650. The minimum absolute atomic E-state index is 0.120. The molecule has 2 aliphatic heterocycles. The molecular formula is C21H37N3O2. The van der Waals surface area contributed by atoms with Gasteiger partial charge in [0.2, 0.25) is 5.91 Å². The predicted molar refractivity (Wildman–Crippen MR) is 103 cm³/mol. The van der Waals surface area contributed by atoms with Crippen LogP contribution in [0.5, 0.6) is 0 Å². The van der Waals surface area contributed by atoms with E-state index < -0.39 is 0 Å². The normalized spacial score (nSPS) is 37.9. The summed E-state index contributed by atoms with van der Waals surface area (Å²) >= 11 is 0. The molecular weight excluding hydrogens is 326 g/mol. The van der Waals surface area contributed by atoms with Gasteiger partial charge in [-0.25, -0.2) is 0 Å². The Morgan fingerprint density at radius 1 is 1.04 bits per heavy atom. The molecule has 2 saturated carbocycles. The lowest BCUT2D eigenvalue weighted by Crippen LogP contribution is -2.60. The third kappa shape index (κ3) is 3.81. The van der Waals surface area contributed by atoms with Crippen molar-refractivity contribution in [1.29, 1.82) is 0 Å². The monoisotopic (exact) mass is 363 g/mol. The van der Waals surface area contributed by atoms with Crippen LogP contribution in [0.4, 0.5) is 0 Å². The average molecular weight is 364 g/mol. The van der Waals surface area contributed by atoms with Crippen LogP contribution in [0, 0.1) is 17.8 Å². The molecule has 0 aromatic carbocycles. The summed E-state index contributed by atoms with van der Waals surface area (Å²) in [4.78, 5) is 15.7. The number of nitrogens with two attached hydrogens (primary N) is 1. The maximum absolute atomic E-state index is 13.0. The second-order valence-corrected chi connectivity index (χ2v) is 9.30. The Morgan fingerprint density at radius 2 is 1.69 bits per heavy atom. The van der Waals surface area contributed by atoms with E-state index in [1.54, 1.807) is 0 Å². The highest BCUT2D eigenvalue weighted by Gasteiger charge is 2.42. The van der Waals surface area contributed by atoms with Crippen LogP contribution in [0.15, 0.2) is 0 Å². The Labute approximate surface area is 158 Å². The largest absolute Gasteiger partial charge is 0.381 e. The number of carbonyl (C=O) groups excluding carboxylic acids is 1. The van der Waals surface area contributed by atoms with Gasteiger partial charge in [-0.2, -0.15) is 0 Å². The van der Waals surface area contributed by atoms with Gasteiger partial charge in [-0.15, -0.1) is 0 Å². The predicted octanol–water partition coefficient (Wildman–Crippen LogP) is 2.29. The molecule has 3 N–H and O–H groups in total. The van der Waals surface area contributed by atoms with Crippen molar-refractivity contribution in [2.75, 3.05) is 32.8 Å². The maximum Gasteiger partial charge on any atom is 0.223 e. The number of hydrogen-bond acceptors (Lipinski definition) is 4.